The van der Waals surface area contributed by atoms with Gasteiger partial charge < -0.3 is 10.2 Å². The highest BCUT2D eigenvalue weighted by atomic mass is 16.3. The molecule has 0 fully saturated rings. The highest BCUT2D eigenvalue weighted by Crippen LogP contribution is 2.11. The average Bonchev–Trinajstić information content (AvgIpc) is 2.58. The molecule has 2 heteroatoms. The molecular weight excluding hydrogens is 296 g/mol. The fourth-order valence-corrected chi connectivity index (χ4v) is 2.93. The molecule has 2 unspecified atom stereocenters. The molecule has 0 aliphatic rings. The van der Waals surface area contributed by atoms with Crippen molar-refractivity contribution in [3.05, 3.63) is 0 Å². The van der Waals surface area contributed by atoms with Crippen LogP contribution in [0.2, 0.25) is 0 Å². The third-order valence-electron chi connectivity index (χ3n) is 4.58. The second-order valence-electron chi connectivity index (χ2n) is 7.14. The maximum Gasteiger partial charge on any atom is 0.114 e. The normalized spacial score (nSPS) is 13.3. The Morgan fingerprint density at radius 2 is 0.792 bits per heavy atom. The van der Waals surface area contributed by atoms with Crippen LogP contribution in [0.1, 0.15) is 117 Å². The van der Waals surface area contributed by atoms with Gasteiger partial charge in [-0.05, 0) is 25.7 Å². The van der Waals surface area contributed by atoms with Gasteiger partial charge in [0, 0.05) is 0 Å². The average molecular weight is 339 g/mol. The van der Waals surface area contributed by atoms with Crippen LogP contribution >= 0.6 is 0 Å². The molecule has 0 bridgehead atoms. The van der Waals surface area contributed by atoms with Gasteiger partial charge in [0.15, 0.2) is 0 Å². The molecule has 2 atom stereocenters. The minimum Gasteiger partial charge on any atom is -0.380 e. The molecule has 0 spiro atoms. The molecule has 142 valence electrons. The summed E-state index contributed by atoms with van der Waals surface area (Å²) in [6.45, 7) is 4.47. The summed E-state index contributed by atoms with van der Waals surface area (Å²) in [6.07, 6.45) is 17.9. The topological polar surface area (TPSA) is 40.5 Å². The molecule has 2 N–H and O–H groups in total. The molecule has 0 aromatic rings. The zero-order valence-corrected chi connectivity index (χ0v) is 16.4. The first-order valence-corrected chi connectivity index (χ1v) is 10.6. The summed E-state index contributed by atoms with van der Waals surface area (Å²) >= 11 is 0. The largest absolute Gasteiger partial charge is 0.380 e. The van der Waals surface area contributed by atoms with E-state index in [0.717, 1.165) is 25.7 Å². The lowest BCUT2D eigenvalue weighted by Crippen LogP contribution is -2.07. The zero-order valence-electron chi connectivity index (χ0n) is 16.4. The van der Waals surface area contributed by atoms with Crippen molar-refractivity contribution in [1.29, 1.82) is 0 Å². The van der Waals surface area contributed by atoms with E-state index in [4.69, 9.17) is 0 Å². The molecule has 0 aromatic heterocycles. The monoisotopic (exact) mass is 338 g/mol. The molecule has 0 aliphatic carbocycles. The number of hydrogen-bond acceptors (Lipinski definition) is 2. The van der Waals surface area contributed by atoms with E-state index in [0.29, 0.717) is 0 Å². The van der Waals surface area contributed by atoms with Crippen LogP contribution in [0.25, 0.3) is 0 Å². The number of hydrogen-bond donors (Lipinski definition) is 2. The summed E-state index contributed by atoms with van der Waals surface area (Å²) in [4.78, 5) is 0. The van der Waals surface area contributed by atoms with E-state index in [2.05, 4.69) is 25.7 Å². The smallest absolute Gasteiger partial charge is 0.114 e. The second-order valence-corrected chi connectivity index (χ2v) is 7.14. The summed E-state index contributed by atoms with van der Waals surface area (Å²) < 4.78 is 0. The summed E-state index contributed by atoms with van der Waals surface area (Å²) in [6, 6.07) is 0. The highest BCUT2D eigenvalue weighted by molar-refractivity contribution is 5.08. The Balaban J connectivity index is 3.49. The Morgan fingerprint density at radius 1 is 0.500 bits per heavy atom. The van der Waals surface area contributed by atoms with E-state index in [-0.39, 0.29) is 0 Å². The number of aliphatic hydroxyl groups is 2. The number of rotatable bonds is 16. The minimum atomic E-state index is -0.565. The molecule has 0 radical (unpaired) electrons. The molecular formula is C22H42O2. The van der Waals surface area contributed by atoms with Crippen LogP contribution in [0, 0.1) is 11.8 Å². The Labute approximate surface area is 151 Å². The Kier molecular flexibility index (Phi) is 18.4. The molecule has 0 aliphatic heterocycles. The summed E-state index contributed by atoms with van der Waals surface area (Å²) in [5.41, 5.74) is 0. The van der Waals surface area contributed by atoms with Crippen LogP contribution in [-0.2, 0) is 0 Å². The third-order valence-corrected chi connectivity index (χ3v) is 4.58. The molecule has 0 amide bonds. The van der Waals surface area contributed by atoms with Crippen molar-refractivity contribution in [2.75, 3.05) is 0 Å². The van der Waals surface area contributed by atoms with Crippen LogP contribution in [0.3, 0.4) is 0 Å². The molecule has 0 heterocycles. The van der Waals surface area contributed by atoms with E-state index < -0.39 is 12.2 Å². The van der Waals surface area contributed by atoms with Gasteiger partial charge in [-0.15, -0.1) is 0 Å². The fourth-order valence-electron chi connectivity index (χ4n) is 2.93. The molecule has 0 saturated carbocycles. The third kappa shape index (κ3) is 17.8. The van der Waals surface area contributed by atoms with Crippen molar-refractivity contribution in [1.82, 2.24) is 0 Å². The highest BCUT2D eigenvalue weighted by Gasteiger charge is 2.02. The van der Waals surface area contributed by atoms with Gasteiger partial charge in [-0.25, -0.2) is 0 Å². The van der Waals surface area contributed by atoms with Crippen molar-refractivity contribution in [3.63, 3.8) is 0 Å². The van der Waals surface area contributed by atoms with E-state index in [1.807, 2.05) is 0 Å². The van der Waals surface area contributed by atoms with Gasteiger partial charge in [-0.1, -0.05) is 103 Å². The van der Waals surface area contributed by atoms with Gasteiger partial charge in [0.05, 0.1) is 0 Å². The lowest BCUT2D eigenvalue weighted by atomic mass is 10.1. The van der Waals surface area contributed by atoms with Crippen LogP contribution in [0.15, 0.2) is 0 Å². The lowest BCUT2D eigenvalue weighted by Gasteiger charge is -2.05. The molecule has 0 rings (SSSR count). The quantitative estimate of drug-likeness (QED) is 0.268. The minimum absolute atomic E-state index is 0.565. The van der Waals surface area contributed by atoms with Crippen molar-refractivity contribution >= 4 is 0 Å². The zero-order chi connectivity index (χ0) is 17.9. The maximum atomic E-state index is 9.85. The predicted molar refractivity (Wildman–Crippen MR) is 105 cm³/mol. The predicted octanol–water partition coefficient (Wildman–Crippen LogP) is 5.99. The molecule has 2 nitrogen and oxygen atoms in total. The van der Waals surface area contributed by atoms with Crippen LogP contribution in [0.4, 0.5) is 0 Å². The first-order chi connectivity index (χ1) is 11.7. The van der Waals surface area contributed by atoms with Crippen molar-refractivity contribution in [3.8, 4) is 11.8 Å². The van der Waals surface area contributed by atoms with E-state index in [1.165, 1.54) is 77.0 Å². The SMILES string of the molecule is CCCCCCCCCC(O)C#CC(O)CCCCCCCCC. The standard InChI is InChI=1S/C22H42O2/c1-3-5-7-9-11-13-15-17-21(23)19-20-22(24)18-16-14-12-10-8-6-4-2/h21-24H,3-18H2,1-2H3. The Morgan fingerprint density at radius 3 is 1.12 bits per heavy atom. The maximum absolute atomic E-state index is 9.85. The van der Waals surface area contributed by atoms with E-state index >= 15 is 0 Å². The van der Waals surface area contributed by atoms with Crippen LogP contribution in [-0.4, -0.2) is 22.4 Å². The Hall–Kier alpha value is -0.520. The van der Waals surface area contributed by atoms with Gasteiger partial charge in [0.25, 0.3) is 0 Å². The summed E-state index contributed by atoms with van der Waals surface area (Å²) in [5.74, 6) is 5.64. The first-order valence-electron chi connectivity index (χ1n) is 10.6. The van der Waals surface area contributed by atoms with Gasteiger partial charge in [-0.2, -0.15) is 0 Å². The van der Waals surface area contributed by atoms with Gasteiger partial charge >= 0.3 is 0 Å². The summed E-state index contributed by atoms with van der Waals surface area (Å²) in [7, 11) is 0. The number of aliphatic hydroxyl groups excluding tert-OH is 2. The van der Waals surface area contributed by atoms with Gasteiger partial charge in [0.1, 0.15) is 12.2 Å². The lowest BCUT2D eigenvalue weighted by molar-refractivity contribution is 0.207. The van der Waals surface area contributed by atoms with Crippen LogP contribution in [0.5, 0.6) is 0 Å². The van der Waals surface area contributed by atoms with Crippen molar-refractivity contribution < 1.29 is 10.2 Å². The first kappa shape index (κ1) is 23.5. The van der Waals surface area contributed by atoms with Gasteiger partial charge in [-0.3, -0.25) is 0 Å². The van der Waals surface area contributed by atoms with E-state index in [1.54, 1.807) is 0 Å². The van der Waals surface area contributed by atoms with Crippen LogP contribution < -0.4 is 0 Å². The molecule has 24 heavy (non-hydrogen) atoms. The Bertz CT molecular complexity index is 275. The molecule has 0 aromatic carbocycles. The van der Waals surface area contributed by atoms with Gasteiger partial charge in [0.2, 0.25) is 0 Å². The number of unbranched alkanes of at least 4 members (excludes halogenated alkanes) is 12. The summed E-state index contributed by atoms with van der Waals surface area (Å²) in [5, 5.41) is 19.7. The van der Waals surface area contributed by atoms with Crippen molar-refractivity contribution in [2.24, 2.45) is 0 Å². The van der Waals surface area contributed by atoms with E-state index in [9.17, 15) is 10.2 Å². The van der Waals surface area contributed by atoms with Crippen molar-refractivity contribution in [2.45, 2.75) is 129 Å². The molecule has 0 saturated heterocycles. The second kappa shape index (κ2) is 18.8. The fraction of sp³-hybridized carbons (Fsp3) is 0.909.